The predicted octanol–water partition coefficient (Wildman–Crippen LogP) is 1.22. The monoisotopic (exact) mass is 284 g/mol. The second-order valence-corrected chi connectivity index (χ2v) is 3.90. The molecular formula is C9H12ClF3N4O. The SMILES string of the molecule is NCCCNc1cnn(CC(F)(F)F)c(=O)c1Cl. The van der Waals surface area contributed by atoms with Crippen molar-refractivity contribution in [2.24, 2.45) is 5.73 Å². The Balaban J connectivity index is 2.88. The van der Waals surface area contributed by atoms with Crippen LogP contribution in [0.5, 0.6) is 0 Å². The molecule has 0 aliphatic carbocycles. The molecule has 0 saturated carbocycles. The largest absolute Gasteiger partial charge is 0.408 e. The summed E-state index contributed by atoms with van der Waals surface area (Å²) < 4.78 is 36.7. The van der Waals surface area contributed by atoms with Gasteiger partial charge >= 0.3 is 6.18 Å². The molecule has 5 nitrogen and oxygen atoms in total. The number of nitrogens with two attached hydrogens (primary N) is 1. The summed E-state index contributed by atoms with van der Waals surface area (Å²) in [5.74, 6) is 0. The fourth-order valence-corrected chi connectivity index (χ4v) is 1.41. The average Bonchev–Trinajstić information content (AvgIpc) is 2.27. The first-order valence-corrected chi connectivity index (χ1v) is 5.49. The molecule has 0 amide bonds. The van der Waals surface area contributed by atoms with E-state index in [4.69, 9.17) is 17.3 Å². The number of nitrogens with one attached hydrogen (secondary N) is 1. The van der Waals surface area contributed by atoms with Gasteiger partial charge in [0, 0.05) is 6.54 Å². The normalized spacial score (nSPS) is 11.6. The van der Waals surface area contributed by atoms with Crippen molar-refractivity contribution in [2.75, 3.05) is 18.4 Å². The van der Waals surface area contributed by atoms with Gasteiger partial charge in [0.05, 0.1) is 11.9 Å². The van der Waals surface area contributed by atoms with Gasteiger partial charge in [-0.3, -0.25) is 4.79 Å². The molecule has 1 rings (SSSR count). The van der Waals surface area contributed by atoms with Gasteiger partial charge in [-0.15, -0.1) is 0 Å². The maximum atomic E-state index is 12.1. The van der Waals surface area contributed by atoms with Crippen LogP contribution in [-0.4, -0.2) is 29.0 Å². The van der Waals surface area contributed by atoms with E-state index < -0.39 is 18.3 Å². The van der Waals surface area contributed by atoms with Crippen LogP contribution in [0.4, 0.5) is 18.9 Å². The summed E-state index contributed by atoms with van der Waals surface area (Å²) in [7, 11) is 0. The smallest absolute Gasteiger partial charge is 0.382 e. The molecule has 0 bridgehead atoms. The Hall–Kier alpha value is -1.28. The van der Waals surface area contributed by atoms with Gasteiger partial charge in [-0.2, -0.15) is 18.3 Å². The summed E-state index contributed by atoms with van der Waals surface area (Å²) in [6.45, 7) is -0.557. The van der Waals surface area contributed by atoms with Crippen molar-refractivity contribution in [3.8, 4) is 0 Å². The molecule has 1 heterocycles. The van der Waals surface area contributed by atoms with Gasteiger partial charge in [0.25, 0.3) is 5.56 Å². The summed E-state index contributed by atoms with van der Waals surface area (Å²) in [5, 5.41) is 5.87. The summed E-state index contributed by atoms with van der Waals surface area (Å²) in [4.78, 5) is 11.5. The van der Waals surface area contributed by atoms with Crippen molar-refractivity contribution in [3.63, 3.8) is 0 Å². The zero-order valence-electron chi connectivity index (χ0n) is 9.30. The first-order chi connectivity index (χ1) is 8.35. The minimum atomic E-state index is -4.52. The second kappa shape index (κ2) is 6.05. The van der Waals surface area contributed by atoms with Gasteiger partial charge in [0.1, 0.15) is 11.6 Å². The van der Waals surface area contributed by atoms with E-state index >= 15 is 0 Å². The van der Waals surface area contributed by atoms with E-state index in [9.17, 15) is 18.0 Å². The van der Waals surface area contributed by atoms with Gasteiger partial charge in [-0.1, -0.05) is 11.6 Å². The molecule has 18 heavy (non-hydrogen) atoms. The van der Waals surface area contributed by atoms with Crippen LogP contribution in [0.2, 0.25) is 5.02 Å². The first-order valence-electron chi connectivity index (χ1n) is 5.11. The van der Waals surface area contributed by atoms with Gasteiger partial charge < -0.3 is 11.1 Å². The van der Waals surface area contributed by atoms with E-state index in [1.807, 2.05) is 0 Å². The van der Waals surface area contributed by atoms with E-state index in [1.54, 1.807) is 0 Å². The fraction of sp³-hybridized carbons (Fsp3) is 0.556. The highest BCUT2D eigenvalue weighted by Gasteiger charge is 2.29. The Morgan fingerprint density at radius 2 is 2.17 bits per heavy atom. The van der Waals surface area contributed by atoms with Crippen LogP contribution in [0.1, 0.15) is 6.42 Å². The Kier molecular flexibility index (Phi) is 4.97. The third kappa shape index (κ3) is 4.19. The number of halogens is 4. The van der Waals surface area contributed by atoms with E-state index in [0.717, 1.165) is 6.20 Å². The molecule has 1 aromatic rings. The van der Waals surface area contributed by atoms with Crippen LogP contribution in [0, 0.1) is 0 Å². The van der Waals surface area contributed by atoms with Gasteiger partial charge in [0.2, 0.25) is 0 Å². The molecule has 0 radical (unpaired) electrons. The maximum absolute atomic E-state index is 12.1. The fourth-order valence-electron chi connectivity index (χ4n) is 1.20. The molecule has 0 unspecified atom stereocenters. The summed E-state index contributed by atoms with van der Waals surface area (Å²) >= 11 is 5.67. The lowest BCUT2D eigenvalue weighted by Crippen LogP contribution is -2.31. The molecule has 0 atom stereocenters. The number of nitrogens with zero attached hydrogens (tertiary/aromatic N) is 2. The highest BCUT2D eigenvalue weighted by atomic mass is 35.5. The van der Waals surface area contributed by atoms with Crippen LogP contribution >= 0.6 is 11.6 Å². The standard InChI is InChI=1S/C9H12ClF3N4O/c10-7-6(15-3-1-2-14)4-16-17(8(7)18)5-9(11,12)13/h4,15H,1-3,5,14H2. The van der Waals surface area contributed by atoms with Crippen molar-refractivity contribution >= 4 is 17.3 Å². The highest BCUT2D eigenvalue weighted by molar-refractivity contribution is 6.32. The summed E-state index contributed by atoms with van der Waals surface area (Å²) in [5.41, 5.74) is 4.50. The van der Waals surface area contributed by atoms with Crippen LogP contribution in [-0.2, 0) is 6.54 Å². The van der Waals surface area contributed by atoms with Gasteiger partial charge in [-0.05, 0) is 13.0 Å². The molecule has 0 fully saturated rings. The zero-order valence-corrected chi connectivity index (χ0v) is 10.1. The molecule has 0 aromatic carbocycles. The second-order valence-electron chi connectivity index (χ2n) is 3.52. The molecule has 102 valence electrons. The zero-order chi connectivity index (χ0) is 13.8. The topological polar surface area (TPSA) is 72.9 Å². The average molecular weight is 285 g/mol. The number of hydrogen-bond acceptors (Lipinski definition) is 4. The lowest BCUT2D eigenvalue weighted by Gasteiger charge is -2.11. The highest BCUT2D eigenvalue weighted by Crippen LogP contribution is 2.18. The third-order valence-electron chi connectivity index (χ3n) is 2.01. The van der Waals surface area contributed by atoms with E-state index in [0.29, 0.717) is 19.5 Å². The van der Waals surface area contributed by atoms with E-state index in [1.165, 1.54) is 0 Å². The van der Waals surface area contributed by atoms with Crippen molar-refractivity contribution in [3.05, 3.63) is 21.6 Å². The summed E-state index contributed by atoms with van der Waals surface area (Å²) in [6, 6.07) is 0. The van der Waals surface area contributed by atoms with Crippen LogP contribution < -0.4 is 16.6 Å². The Morgan fingerprint density at radius 1 is 1.50 bits per heavy atom. The minimum Gasteiger partial charge on any atom is -0.382 e. The number of alkyl halides is 3. The van der Waals surface area contributed by atoms with Gasteiger partial charge in [-0.25, -0.2) is 4.68 Å². The molecule has 1 aromatic heterocycles. The number of rotatable bonds is 5. The Bertz CT molecular complexity index is 460. The van der Waals surface area contributed by atoms with Crippen molar-refractivity contribution < 1.29 is 13.2 Å². The third-order valence-corrected chi connectivity index (χ3v) is 2.38. The van der Waals surface area contributed by atoms with E-state index in [-0.39, 0.29) is 15.4 Å². The molecule has 0 aliphatic heterocycles. The van der Waals surface area contributed by atoms with E-state index in [2.05, 4.69) is 10.4 Å². The molecular weight excluding hydrogens is 273 g/mol. The van der Waals surface area contributed by atoms with Crippen molar-refractivity contribution in [1.29, 1.82) is 0 Å². The quantitative estimate of drug-likeness (QED) is 0.798. The van der Waals surface area contributed by atoms with Crippen molar-refractivity contribution in [2.45, 2.75) is 19.1 Å². The maximum Gasteiger partial charge on any atom is 0.408 e. The molecule has 0 aliphatic rings. The lowest BCUT2D eigenvalue weighted by atomic mass is 10.4. The van der Waals surface area contributed by atoms with Crippen LogP contribution in [0.15, 0.2) is 11.0 Å². The number of hydrogen-bond donors (Lipinski definition) is 2. The lowest BCUT2D eigenvalue weighted by molar-refractivity contribution is -0.143. The summed E-state index contributed by atoms with van der Waals surface area (Å²) in [6.07, 6.45) is -2.79. The predicted molar refractivity (Wildman–Crippen MR) is 61.7 cm³/mol. The molecule has 0 spiro atoms. The van der Waals surface area contributed by atoms with Crippen molar-refractivity contribution in [1.82, 2.24) is 9.78 Å². The minimum absolute atomic E-state index is 0.202. The molecule has 3 N–H and O–H groups in total. The van der Waals surface area contributed by atoms with Crippen LogP contribution in [0.25, 0.3) is 0 Å². The Morgan fingerprint density at radius 3 is 2.72 bits per heavy atom. The Labute approximate surface area is 106 Å². The van der Waals surface area contributed by atoms with Crippen LogP contribution in [0.3, 0.4) is 0 Å². The number of aromatic nitrogens is 2. The molecule has 0 saturated heterocycles. The first kappa shape index (κ1) is 14.8. The van der Waals surface area contributed by atoms with Gasteiger partial charge in [0.15, 0.2) is 0 Å². The molecule has 9 heteroatoms. The number of anilines is 1.